The van der Waals surface area contributed by atoms with Crippen LogP contribution in [0, 0.1) is 0 Å². The van der Waals surface area contributed by atoms with Gasteiger partial charge in [-0.2, -0.15) is 0 Å². The SMILES string of the molecule is CCCNC(CCCc1ccccc1)c1ncccc1Cl. The van der Waals surface area contributed by atoms with E-state index in [9.17, 15) is 0 Å². The van der Waals surface area contributed by atoms with Gasteiger partial charge in [-0.1, -0.05) is 48.9 Å². The molecule has 21 heavy (non-hydrogen) atoms. The van der Waals surface area contributed by atoms with Gasteiger partial charge in [0.25, 0.3) is 0 Å². The first kappa shape index (κ1) is 16.0. The summed E-state index contributed by atoms with van der Waals surface area (Å²) in [4.78, 5) is 4.46. The van der Waals surface area contributed by atoms with Gasteiger partial charge in [0.15, 0.2) is 0 Å². The van der Waals surface area contributed by atoms with E-state index in [2.05, 4.69) is 47.6 Å². The number of aryl methyl sites for hydroxylation is 1. The molecule has 0 saturated carbocycles. The van der Waals surface area contributed by atoms with Gasteiger partial charge < -0.3 is 5.32 Å². The van der Waals surface area contributed by atoms with E-state index in [0.717, 1.165) is 42.9 Å². The number of halogens is 1. The highest BCUT2D eigenvalue weighted by Gasteiger charge is 2.14. The van der Waals surface area contributed by atoms with Gasteiger partial charge in [0, 0.05) is 6.20 Å². The van der Waals surface area contributed by atoms with Crippen molar-refractivity contribution < 1.29 is 0 Å². The average Bonchev–Trinajstić information content (AvgIpc) is 2.52. The quantitative estimate of drug-likeness (QED) is 0.757. The van der Waals surface area contributed by atoms with Gasteiger partial charge in [0.2, 0.25) is 0 Å². The monoisotopic (exact) mass is 302 g/mol. The molecule has 2 nitrogen and oxygen atoms in total. The zero-order chi connectivity index (χ0) is 14.9. The maximum Gasteiger partial charge on any atom is 0.0758 e. The van der Waals surface area contributed by atoms with Crippen LogP contribution in [0.4, 0.5) is 0 Å². The Morgan fingerprint density at radius 1 is 1.14 bits per heavy atom. The number of aromatic nitrogens is 1. The van der Waals surface area contributed by atoms with Gasteiger partial charge in [-0.25, -0.2) is 0 Å². The molecule has 1 atom stereocenters. The molecule has 112 valence electrons. The Morgan fingerprint density at radius 2 is 1.95 bits per heavy atom. The normalized spacial score (nSPS) is 12.3. The lowest BCUT2D eigenvalue weighted by molar-refractivity contribution is 0.475. The molecule has 3 heteroatoms. The minimum Gasteiger partial charge on any atom is -0.309 e. The molecule has 0 amide bonds. The topological polar surface area (TPSA) is 24.9 Å². The highest BCUT2D eigenvalue weighted by Crippen LogP contribution is 2.24. The zero-order valence-electron chi connectivity index (χ0n) is 12.6. The van der Waals surface area contributed by atoms with Crippen LogP contribution in [-0.4, -0.2) is 11.5 Å². The molecule has 0 aliphatic carbocycles. The molecule has 0 spiro atoms. The molecule has 0 radical (unpaired) electrons. The van der Waals surface area contributed by atoms with Crippen molar-refractivity contribution >= 4 is 11.6 Å². The Balaban J connectivity index is 1.95. The molecule has 0 fully saturated rings. The van der Waals surface area contributed by atoms with Crippen LogP contribution < -0.4 is 5.32 Å². The number of hydrogen-bond acceptors (Lipinski definition) is 2. The van der Waals surface area contributed by atoms with Crippen LogP contribution in [0.2, 0.25) is 5.02 Å². The molecule has 0 aliphatic heterocycles. The molecule has 0 aliphatic rings. The van der Waals surface area contributed by atoms with Crippen molar-refractivity contribution in [3.05, 3.63) is 64.9 Å². The first-order valence-electron chi connectivity index (χ1n) is 7.69. The predicted octanol–water partition coefficient (Wildman–Crippen LogP) is 4.80. The van der Waals surface area contributed by atoms with E-state index >= 15 is 0 Å². The van der Waals surface area contributed by atoms with Crippen molar-refractivity contribution in [3.63, 3.8) is 0 Å². The molecule has 1 heterocycles. The van der Waals surface area contributed by atoms with Crippen LogP contribution in [0.15, 0.2) is 48.7 Å². The summed E-state index contributed by atoms with van der Waals surface area (Å²) in [5, 5.41) is 4.32. The summed E-state index contributed by atoms with van der Waals surface area (Å²) in [6.07, 6.45) is 6.19. The van der Waals surface area contributed by atoms with Gasteiger partial charge in [0.05, 0.1) is 16.8 Å². The lowest BCUT2D eigenvalue weighted by Gasteiger charge is -2.19. The van der Waals surface area contributed by atoms with E-state index in [1.165, 1.54) is 5.56 Å². The summed E-state index contributed by atoms with van der Waals surface area (Å²) in [6, 6.07) is 14.7. The molecule has 1 unspecified atom stereocenters. The molecule has 1 aromatic heterocycles. The smallest absolute Gasteiger partial charge is 0.0758 e. The van der Waals surface area contributed by atoms with Crippen molar-refractivity contribution in [1.29, 1.82) is 0 Å². The van der Waals surface area contributed by atoms with Crippen LogP contribution in [0.5, 0.6) is 0 Å². The van der Waals surface area contributed by atoms with Gasteiger partial charge in [-0.15, -0.1) is 0 Å². The molecular weight excluding hydrogens is 280 g/mol. The third-order valence-electron chi connectivity index (χ3n) is 3.56. The zero-order valence-corrected chi connectivity index (χ0v) is 13.3. The fourth-order valence-electron chi connectivity index (χ4n) is 2.46. The van der Waals surface area contributed by atoms with Crippen LogP contribution in [0.1, 0.15) is 43.5 Å². The Labute approximate surface area is 132 Å². The molecule has 1 N–H and O–H groups in total. The van der Waals surface area contributed by atoms with Crippen LogP contribution in [0.25, 0.3) is 0 Å². The van der Waals surface area contributed by atoms with Crippen molar-refractivity contribution in [2.45, 2.75) is 38.6 Å². The van der Waals surface area contributed by atoms with E-state index in [0.29, 0.717) is 0 Å². The Kier molecular flexibility index (Phi) is 6.71. The Bertz CT molecular complexity index is 528. The standard InChI is InChI=1S/C18H23ClN2/c1-2-13-20-17(18-16(19)11-7-14-21-18)12-6-10-15-8-4-3-5-9-15/h3-5,7-9,11,14,17,20H,2,6,10,12-13H2,1H3. The number of nitrogens with one attached hydrogen (secondary N) is 1. The van der Waals surface area contributed by atoms with Gasteiger partial charge >= 0.3 is 0 Å². The van der Waals surface area contributed by atoms with E-state index in [1.807, 2.05) is 18.3 Å². The first-order valence-corrected chi connectivity index (χ1v) is 8.06. The molecule has 2 rings (SSSR count). The van der Waals surface area contributed by atoms with Gasteiger partial charge in [-0.05, 0) is 49.9 Å². The maximum atomic E-state index is 6.29. The third kappa shape index (κ3) is 5.14. The molecule has 2 aromatic rings. The van der Waals surface area contributed by atoms with E-state index < -0.39 is 0 Å². The number of benzene rings is 1. The second kappa shape index (κ2) is 8.81. The third-order valence-corrected chi connectivity index (χ3v) is 3.88. The van der Waals surface area contributed by atoms with Gasteiger partial charge in [-0.3, -0.25) is 4.98 Å². The number of rotatable bonds is 8. The Hall–Kier alpha value is -1.38. The minimum absolute atomic E-state index is 0.238. The van der Waals surface area contributed by atoms with Crippen LogP contribution >= 0.6 is 11.6 Å². The largest absolute Gasteiger partial charge is 0.309 e. The Morgan fingerprint density at radius 3 is 2.67 bits per heavy atom. The van der Waals surface area contributed by atoms with Crippen molar-refractivity contribution in [3.8, 4) is 0 Å². The minimum atomic E-state index is 0.238. The average molecular weight is 303 g/mol. The summed E-state index contributed by atoms with van der Waals surface area (Å²) in [5.74, 6) is 0. The fourth-order valence-corrected chi connectivity index (χ4v) is 2.72. The van der Waals surface area contributed by atoms with Crippen LogP contribution in [-0.2, 0) is 6.42 Å². The number of nitrogens with zero attached hydrogens (tertiary/aromatic N) is 1. The van der Waals surface area contributed by atoms with E-state index in [-0.39, 0.29) is 6.04 Å². The maximum absolute atomic E-state index is 6.29. The molecule has 0 saturated heterocycles. The van der Waals surface area contributed by atoms with Crippen LogP contribution in [0.3, 0.4) is 0 Å². The second-order valence-electron chi connectivity index (χ2n) is 5.26. The second-order valence-corrected chi connectivity index (χ2v) is 5.66. The lowest BCUT2D eigenvalue weighted by Crippen LogP contribution is -2.23. The highest BCUT2D eigenvalue weighted by molar-refractivity contribution is 6.31. The predicted molar refractivity (Wildman–Crippen MR) is 89.7 cm³/mol. The number of pyridine rings is 1. The van der Waals surface area contributed by atoms with Gasteiger partial charge in [0.1, 0.15) is 0 Å². The van der Waals surface area contributed by atoms with Crippen molar-refractivity contribution in [2.75, 3.05) is 6.54 Å². The van der Waals surface area contributed by atoms with Crippen molar-refractivity contribution in [1.82, 2.24) is 10.3 Å². The first-order chi connectivity index (χ1) is 10.3. The van der Waals surface area contributed by atoms with E-state index in [1.54, 1.807) is 0 Å². The summed E-state index contributed by atoms with van der Waals surface area (Å²) in [7, 11) is 0. The number of hydrogen-bond donors (Lipinski definition) is 1. The lowest BCUT2D eigenvalue weighted by atomic mass is 10.0. The summed E-state index contributed by atoms with van der Waals surface area (Å²) >= 11 is 6.29. The van der Waals surface area contributed by atoms with E-state index in [4.69, 9.17) is 11.6 Å². The highest BCUT2D eigenvalue weighted by atomic mass is 35.5. The molecular formula is C18H23ClN2. The fraction of sp³-hybridized carbons (Fsp3) is 0.389. The molecule has 1 aromatic carbocycles. The molecule has 0 bridgehead atoms. The van der Waals surface area contributed by atoms with Crippen molar-refractivity contribution in [2.24, 2.45) is 0 Å². The summed E-state index contributed by atoms with van der Waals surface area (Å²) < 4.78 is 0. The summed E-state index contributed by atoms with van der Waals surface area (Å²) in [5.41, 5.74) is 2.36. The summed E-state index contributed by atoms with van der Waals surface area (Å²) in [6.45, 7) is 3.16.